The second-order valence-corrected chi connectivity index (χ2v) is 10.1. The standard InChI is InChI=1S/C30H28ClN3O7/c1-39-27-16-34(28(35)14-24(27)23-12-19(31)7-10-22(23)26-15-32-17-41-26)25(13-21-4-2-3-11-40-21)29(36)33-20-8-5-18(6-9-20)30(37)38/h5-10,12,14-17,21,25H,2-4,11,13H2,1H3,(H,33,36)(H,37,38). The van der Waals surface area contributed by atoms with E-state index in [1.54, 1.807) is 24.4 Å². The van der Waals surface area contributed by atoms with Crippen molar-refractivity contribution in [2.24, 2.45) is 0 Å². The molecule has 0 bridgehead atoms. The average Bonchev–Trinajstić information content (AvgIpc) is 3.51. The summed E-state index contributed by atoms with van der Waals surface area (Å²) in [7, 11) is 1.48. The SMILES string of the molecule is COc1cn(C(CC2CCCCO2)C(=O)Nc2ccc(C(=O)O)cc2)c(=O)cc1-c1cc(Cl)ccc1-c1cnco1. The molecule has 1 aliphatic heterocycles. The van der Waals surface area contributed by atoms with Crippen molar-refractivity contribution in [1.82, 2.24) is 9.55 Å². The van der Waals surface area contributed by atoms with E-state index >= 15 is 0 Å². The molecule has 2 atom stereocenters. The third-order valence-corrected chi connectivity index (χ3v) is 7.27. The summed E-state index contributed by atoms with van der Waals surface area (Å²) in [6, 6.07) is 11.5. The first-order chi connectivity index (χ1) is 19.8. The molecule has 2 aromatic carbocycles. The highest BCUT2D eigenvalue weighted by Gasteiger charge is 2.29. The van der Waals surface area contributed by atoms with Crippen LogP contribution in [0.1, 0.15) is 42.1 Å². The van der Waals surface area contributed by atoms with Crippen molar-refractivity contribution in [1.29, 1.82) is 0 Å². The van der Waals surface area contributed by atoms with Crippen LogP contribution < -0.4 is 15.6 Å². The van der Waals surface area contributed by atoms with Gasteiger partial charge in [0.25, 0.3) is 5.56 Å². The van der Waals surface area contributed by atoms with Crippen LogP contribution in [0.15, 0.2) is 76.5 Å². The van der Waals surface area contributed by atoms with Crippen LogP contribution in [0.3, 0.4) is 0 Å². The number of carbonyl (C=O) groups excluding carboxylic acids is 1. The lowest BCUT2D eigenvalue weighted by molar-refractivity contribution is -0.121. The highest BCUT2D eigenvalue weighted by Crippen LogP contribution is 2.38. The molecule has 10 nitrogen and oxygen atoms in total. The fourth-order valence-corrected chi connectivity index (χ4v) is 5.13. The number of hydrogen-bond donors (Lipinski definition) is 2. The van der Waals surface area contributed by atoms with E-state index in [0.717, 1.165) is 19.3 Å². The van der Waals surface area contributed by atoms with Gasteiger partial charge in [0.1, 0.15) is 11.8 Å². The summed E-state index contributed by atoms with van der Waals surface area (Å²) in [5, 5.41) is 12.5. The molecule has 11 heteroatoms. The maximum absolute atomic E-state index is 13.7. The van der Waals surface area contributed by atoms with Gasteiger partial charge in [-0.1, -0.05) is 11.6 Å². The molecule has 2 aromatic heterocycles. The molecule has 212 valence electrons. The third-order valence-electron chi connectivity index (χ3n) is 7.03. The van der Waals surface area contributed by atoms with Gasteiger partial charge in [0.2, 0.25) is 5.91 Å². The summed E-state index contributed by atoms with van der Waals surface area (Å²) in [4.78, 5) is 42.5. The molecule has 4 aromatic rings. The van der Waals surface area contributed by atoms with Gasteiger partial charge >= 0.3 is 5.97 Å². The van der Waals surface area contributed by atoms with Crippen molar-refractivity contribution in [2.45, 2.75) is 37.8 Å². The maximum atomic E-state index is 13.7. The number of ether oxygens (including phenoxy) is 2. The zero-order valence-corrected chi connectivity index (χ0v) is 23.0. The number of aromatic nitrogens is 2. The first-order valence-corrected chi connectivity index (χ1v) is 13.5. The molecule has 0 aliphatic carbocycles. The molecule has 1 aliphatic rings. The van der Waals surface area contributed by atoms with Gasteiger partial charge < -0.3 is 24.3 Å². The van der Waals surface area contributed by atoms with Crippen molar-refractivity contribution in [3.8, 4) is 28.2 Å². The number of amides is 1. The molecule has 1 saturated heterocycles. The molecule has 2 unspecified atom stereocenters. The second kappa shape index (κ2) is 12.4. The lowest BCUT2D eigenvalue weighted by Crippen LogP contribution is -2.36. The molecule has 2 N–H and O–H groups in total. The van der Waals surface area contributed by atoms with E-state index in [1.165, 1.54) is 54.6 Å². The first kappa shape index (κ1) is 28.1. The van der Waals surface area contributed by atoms with Crippen molar-refractivity contribution in [3.63, 3.8) is 0 Å². The lowest BCUT2D eigenvalue weighted by Gasteiger charge is -2.28. The van der Waals surface area contributed by atoms with Gasteiger partial charge in [0.05, 0.1) is 31.2 Å². The van der Waals surface area contributed by atoms with Gasteiger partial charge in [-0.05, 0) is 67.3 Å². The Morgan fingerprint density at radius 1 is 1.15 bits per heavy atom. The normalized spacial score (nSPS) is 15.7. The highest BCUT2D eigenvalue weighted by atomic mass is 35.5. The highest BCUT2D eigenvalue weighted by molar-refractivity contribution is 6.31. The molecular weight excluding hydrogens is 550 g/mol. The topological polar surface area (TPSA) is 133 Å². The Balaban J connectivity index is 1.54. The zero-order valence-electron chi connectivity index (χ0n) is 22.2. The van der Waals surface area contributed by atoms with Gasteiger partial charge in [0, 0.05) is 40.9 Å². The average molecular weight is 578 g/mol. The van der Waals surface area contributed by atoms with E-state index in [-0.39, 0.29) is 18.1 Å². The summed E-state index contributed by atoms with van der Waals surface area (Å²) < 4.78 is 18.5. The van der Waals surface area contributed by atoms with E-state index < -0.39 is 23.5 Å². The predicted octanol–water partition coefficient (Wildman–Crippen LogP) is 5.67. The number of carbonyl (C=O) groups is 2. The number of benzene rings is 2. The van der Waals surface area contributed by atoms with E-state index in [2.05, 4.69) is 10.3 Å². The van der Waals surface area contributed by atoms with E-state index in [4.69, 9.17) is 25.5 Å². The van der Waals surface area contributed by atoms with Crippen LogP contribution in [0.5, 0.6) is 5.75 Å². The van der Waals surface area contributed by atoms with Gasteiger partial charge in [-0.15, -0.1) is 0 Å². The number of rotatable bonds is 9. The quantitative estimate of drug-likeness (QED) is 0.260. The number of anilines is 1. The maximum Gasteiger partial charge on any atom is 0.335 e. The number of oxazole rings is 1. The Morgan fingerprint density at radius 3 is 2.61 bits per heavy atom. The van der Waals surface area contributed by atoms with Crippen LogP contribution in [0.4, 0.5) is 5.69 Å². The monoisotopic (exact) mass is 577 g/mol. The number of pyridine rings is 1. The van der Waals surface area contributed by atoms with Crippen molar-refractivity contribution < 1.29 is 28.6 Å². The summed E-state index contributed by atoms with van der Waals surface area (Å²) in [6.45, 7) is 0.589. The summed E-state index contributed by atoms with van der Waals surface area (Å²) in [5.74, 6) is -0.673. The first-order valence-electron chi connectivity index (χ1n) is 13.1. The van der Waals surface area contributed by atoms with Crippen LogP contribution in [0.2, 0.25) is 5.02 Å². The van der Waals surface area contributed by atoms with Crippen LogP contribution in [0.25, 0.3) is 22.5 Å². The van der Waals surface area contributed by atoms with Crippen LogP contribution in [0, 0.1) is 0 Å². The Kier molecular flexibility index (Phi) is 8.51. The predicted molar refractivity (Wildman–Crippen MR) is 152 cm³/mol. The summed E-state index contributed by atoms with van der Waals surface area (Å²) in [6.07, 6.45) is 7.13. The summed E-state index contributed by atoms with van der Waals surface area (Å²) >= 11 is 6.33. The molecule has 1 fully saturated rings. The Morgan fingerprint density at radius 2 is 1.95 bits per heavy atom. The molecule has 0 spiro atoms. The van der Waals surface area contributed by atoms with Crippen molar-refractivity contribution in [3.05, 3.63) is 88.3 Å². The van der Waals surface area contributed by atoms with E-state index in [0.29, 0.717) is 45.5 Å². The minimum atomic E-state index is -1.07. The lowest BCUT2D eigenvalue weighted by atomic mass is 9.97. The molecule has 0 saturated carbocycles. The minimum absolute atomic E-state index is 0.0948. The van der Waals surface area contributed by atoms with Crippen molar-refractivity contribution >= 4 is 29.2 Å². The molecule has 3 heterocycles. The van der Waals surface area contributed by atoms with Crippen LogP contribution >= 0.6 is 11.6 Å². The van der Waals surface area contributed by atoms with Crippen molar-refractivity contribution in [2.75, 3.05) is 19.0 Å². The van der Waals surface area contributed by atoms with Gasteiger partial charge in [-0.2, -0.15) is 0 Å². The molecule has 1 amide bonds. The van der Waals surface area contributed by atoms with Gasteiger partial charge in [-0.25, -0.2) is 9.78 Å². The second-order valence-electron chi connectivity index (χ2n) is 9.67. The van der Waals surface area contributed by atoms with Gasteiger partial charge in [0.15, 0.2) is 12.2 Å². The molecule has 41 heavy (non-hydrogen) atoms. The van der Waals surface area contributed by atoms with E-state index in [1.807, 2.05) is 0 Å². The number of nitrogens with zero attached hydrogens (tertiary/aromatic N) is 2. The number of hydrogen-bond acceptors (Lipinski definition) is 7. The number of aromatic carboxylic acids is 1. The van der Waals surface area contributed by atoms with Crippen LogP contribution in [-0.4, -0.2) is 46.4 Å². The Bertz CT molecular complexity index is 1590. The fraction of sp³-hybridized carbons (Fsp3) is 0.267. The molecular formula is C30H28ClN3O7. The summed E-state index contributed by atoms with van der Waals surface area (Å²) in [5.41, 5.74) is 1.81. The molecule has 5 rings (SSSR count). The third kappa shape index (κ3) is 6.34. The largest absolute Gasteiger partial charge is 0.495 e. The number of methoxy groups -OCH3 is 1. The number of halogens is 1. The zero-order chi connectivity index (χ0) is 28.9. The van der Waals surface area contributed by atoms with Crippen LogP contribution in [-0.2, 0) is 9.53 Å². The molecule has 0 radical (unpaired) electrons. The Labute approximate surface area is 240 Å². The van der Waals surface area contributed by atoms with E-state index in [9.17, 15) is 19.5 Å². The smallest absolute Gasteiger partial charge is 0.335 e. The number of carboxylic acid groups (broad SMARTS) is 1. The van der Waals surface area contributed by atoms with Gasteiger partial charge in [-0.3, -0.25) is 14.2 Å². The Hall–Kier alpha value is -4.41. The fourth-order valence-electron chi connectivity index (χ4n) is 4.96. The number of nitrogens with one attached hydrogen (secondary N) is 1. The number of carboxylic acids is 1. The minimum Gasteiger partial charge on any atom is -0.495 e.